The molecule has 15 heteroatoms. The SMILES string of the molecule is Cc1cc([C@H](C)Nc2ccccc2C(=O)O)c2oc(N3CCN(C(=O)CCCNc4ccc5c(c4)C(=O)N(C4CCC(=O)NC4=O)C5=O)CC3)cc(=O)c2c1. The third kappa shape index (κ3) is 7.37. The first-order chi connectivity index (χ1) is 26.4. The zero-order valence-electron chi connectivity index (χ0n) is 30.3. The number of anilines is 3. The zero-order valence-corrected chi connectivity index (χ0v) is 30.3. The van der Waals surface area contributed by atoms with E-state index in [4.69, 9.17) is 4.42 Å². The number of piperidine rings is 1. The number of aromatic carboxylic acids is 1. The lowest BCUT2D eigenvalue weighted by Gasteiger charge is -2.35. The first-order valence-electron chi connectivity index (χ1n) is 18.2. The predicted molar refractivity (Wildman–Crippen MR) is 202 cm³/mol. The molecule has 0 saturated carbocycles. The first kappa shape index (κ1) is 36.8. The fourth-order valence-electron chi connectivity index (χ4n) is 7.39. The van der Waals surface area contributed by atoms with Gasteiger partial charge in [0.05, 0.1) is 28.1 Å². The minimum absolute atomic E-state index is 0.0182. The van der Waals surface area contributed by atoms with Gasteiger partial charge in [0, 0.05) is 68.6 Å². The molecule has 3 aliphatic heterocycles. The molecule has 4 heterocycles. The van der Waals surface area contributed by atoms with Gasteiger partial charge >= 0.3 is 5.97 Å². The lowest BCUT2D eigenvalue weighted by molar-refractivity contribution is -0.136. The van der Waals surface area contributed by atoms with E-state index in [1.807, 2.05) is 24.8 Å². The molecule has 2 atom stereocenters. The van der Waals surface area contributed by atoms with Crippen LogP contribution in [0, 0.1) is 6.92 Å². The maximum Gasteiger partial charge on any atom is 0.337 e. The van der Waals surface area contributed by atoms with Gasteiger partial charge in [-0.1, -0.05) is 18.2 Å². The zero-order chi connectivity index (χ0) is 39.0. The van der Waals surface area contributed by atoms with Crippen LogP contribution in [0.2, 0.25) is 0 Å². The second-order valence-corrected chi connectivity index (χ2v) is 14.0. The summed E-state index contributed by atoms with van der Waals surface area (Å²) in [7, 11) is 0. The maximum atomic E-state index is 13.4. The number of nitrogens with zero attached hydrogens (tertiary/aromatic N) is 3. The number of fused-ring (bicyclic) bond motifs is 2. The Kier molecular flexibility index (Phi) is 10.1. The number of amides is 5. The van der Waals surface area contributed by atoms with Gasteiger partial charge < -0.3 is 30.0 Å². The summed E-state index contributed by atoms with van der Waals surface area (Å²) in [6.07, 6.45) is 0.914. The number of hydrogen-bond acceptors (Lipinski definition) is 11. The largest absolute Gasteiger partial charge is 0.478 e. The molecule has 7 rings (SSSR count). The summed E-state index contributed by atoms with van der Waals surface area (Å²) < 4.78 is 6.39. The summed E-state index contributed by atoms with van der Waals surface area (Å²) in [5, 5.41) is 18.7. The molecular weight excluding hydrogens is 708 g/mol. The number of nitrogens with one attached hydrogen (secondary N) is 3. The van der Waals surface area contributed by atoms with Crippen molar-refractivity contribution in [2.24, 2.45) is 0 Å². The standard InChI is InChI=1S/C40H40N6O9/c1-22-18-27(23(2)42-30-7-4-3-6-26(30)40(53)54)36-29(19-22)32(47)21-35(55-36)45-16-14-44(15-17-45)34(49)8-5-13-41-24-9-10-25-28(20-24)39(52)46(38(25)51)31-11-12-33(48)43-37(31)50/h3-4,6-7,9-10,18-21,23,31,41-42H,5,8,11-17H2,1-2H3,(H,53,54)(H,43,48,50)/t23-,31?/m0/s1. The topological polar surface area (TPSA) is 199 Å². The number of aryl methyl sites for hydroxylation is 1. The molecule has 4 aromatic rings. The summed E-state index contributed by atoms with van der Waals surface area (Å²) in [6, 6.07) is 15.1. The number of rotatable bonds is 11. The van der Waals surface area contributed by atoms with E-state index in [1.165, 1.54) is 18.2 Å². The molecule has 15 nitrogen and oxygen atoms in total. The van der Waals surface area contributed by atoms with Crippen molar-refractivity contribution < 1.29 is 38.3 Å². The van der Waals surface area contributed by atoms with Gasteiger partial charge in [-0.05, 0) is 68.7 Å². The number of hydrogen-bond donors (Lipinski definition) is 4. The minimum atomic E-state index is -1.05. The number of carboxylic acid groups (broad SMARTS) is 1. The Balaban J connectivity index is 0.937. The van der Waals surface area contributed by atoms with Crippen LogP contribution in [0.5, 0.6) is 0 Å². The van der Waals surface area contributed by atoms with Crippen LogP contribution < -0.4 is 26.3 Å². The van der Waals surface area contributed by atoms with Crippen molar-refractivity contribution in [2.45, 2.75) is 51.6 Å². The summed E-state index contributed by atoms with van der Waals surface area (Å²) >= 11 is 0. The highest BCUT2D eigenvalue weighted by Crippen LogP contribution is 2.32. The molecule has 55 heavy (non-hydrogen) atoms. The summed E-state index contributed by atoms with van der Waals surface area (Å²) in [5.74, 6) is -2.93. The van der Waals surface area contributed by atoms with Crippen LogP contribution >= 0.6 is 0 Å². The van der Waals surface area contributed by atoms with Gasteiger partial charge in [-0.15, -0.1) is 0 Å². The Hall–Kier alpha value is -6.51. The Morgan fingerprint density at radius 3 is 2.44 bits per heavy atom. The molecule has 5 amide bonds. The van der Waals surface area contributed by atoms with E-state index in [0.29, 0.717) is 72.9 Å². The molecule has 2 fully saturated rings. The molecule has 0 radical (unpaired) electrons. The molecule has 0 aliphatic carbocycles. The number of benzene rings is 3. The summed E-state index contributed by atoms with van der Waals surface area (Å²) in [6.45, 7) is 5.98. The summed E-state index contributed by atoms with van der Waals surface area (Å²) in [5.41, 5.74) is 3.34. The molecule has 3 aromatic carbocycles. The summed E-state index contributed by atoms with van der Waals surface area (Å²) in [4.78, 5) is 92.9. The number of piperazine rings is 1. The second kappa shape index (κ2) is 15.1. The van der Waals surface area contributed by atoms with Crippen LogP contribution in [-0.2, 0) is 14.4 Å². The van der Waals surface area contributed by atoms with Crippen LogP contribution in [0.15, 0.2) is 69.9 Å². The second-order valence-electron chi connectivity index (χ2n) is 14.0. The van der Waals surface area contributed by atoms with Gasteiger partial charge in [0.1, 0.15) is 11.6 Å². The number of carboxylic acids is 1. The lowest BCUT2D eigenvalue weighted by Crippen LogP contribution is -2.54. The molecule has 284 valence electrons. The Bertz CT molecular complexity index is 2310. The van der Waals surface area contributed by atoms with Crippen LogP contribution in [-0.4, -0.2) is 89.2 Å². The van der Waals surface area contributed by atoms with E-state index in [0.717, 1.165) is 10.5 Å². The monoisotopic (exact) mass is 748 g/mol. The highest BCUT2D eigenvalue weighted by Gasteiger charge is 2.44. The van der Waals surface area contributed by atoms with Gasteiger partial charge in [-0.3, -0.25) is 39.0 Å². The van der Waals surface area contributed by atoms with Crippen molar-refractivity contribution in [1.29, 1.82) is 0 Å². The normalized spacial score (nSPS) is 17.6. The highest BCUT2D eigenvalue weighted by molar-refractivity contribution is 6.23. The van der Waals surface area contributed by atoms with Crippen molar-refractivity contribution in [3.05, 3.63) is 98.7 Å². The van der Waals surface area contributed by atoms with Gasteiger partial charge in [-0.2, -0.15) is 0 Å². The van der Waals surface area contributed by atoms with E-state index in [2.05, 4.69) is 16.0 Å². The van der Waals surface area contributed by atoms with E-state index < -0.39 is 41.7 Å². The average Bonchev–Trinajstić information content (AvgIpc) is 3.41. The quantitative estimate of drug-likeness (QED) is 0.128. The van der Waals surface area contributed by atoms with Crippen LogP contribution in [0.25, 0.3) is 11.0 Å². The predicted octanol–water partition coefficient (Wildman–Crippen LogP) is 3.91. The molecule has 1 aromatic heterocycles. The fourth-order valence-corrected chi connectivity index (χ4v) is 7.39. The smallest absolute Gasteiger partial charge is 0.337 e. The third-order valence-electron chi connectivity index (χ3n) is 10.3. The van der Waals surface area contributed by atoms with Crippen molar-refractivity contribution >= 4 is 63.7 Å². The van der Waals surface area contributed by atoms with Crippen LogP contribution in [0.4, 0.5) is 17.3 Å². The molecule has 0 bridgehead atoms. The van der Waals surface area contributed by atoms with Gasteiger partial charge in [0.25, 0.3) is 11.8 Å². The average molecular weight is 749 g/mol. The van der Waals surface area contributed by atoms with Gasteiger partial charge in [0.2, 0.25) is 17.7 Å². The lowest BCUT2D eigenvalue weighted by atomic mass is 10.0. The van der Waals surface area contributed by atoms with Crippen molar-refractivity contribution in [3.63, 3.8) is 0 Å². The van der Waals surface area contributed by atoms with Crippen LogP contribution in [0.3, 0.4) is 0 Å². The Morgan fingerprint density at radius 2 is 1.69 bits per heavy atom. The Labute approximate surface area is 315 Å². The van der Waals surface area contributed by atoms with Crippen LogP contribution in [0.1, 0.15) is 80.8 Å². The minimum Gasteiger partial charge on any atom is -0.478 e. The van der Waals surface area contributed by atoms with E-state index >= 15 is 0 Å². The van der Waals surface area contributed by atoms with Gasteiger partial charge in [0.15, 0.2) is 11.3 Å². The first-order valence-corrected chi connectivity index (χ1v) is 18.2. The molecule has 4 N–H and O–H groups in total. The van der Waals surface area contributed by atoms with Crippen molar-refractivity contribution in [1.82, 2.24) is 15.1 Å². The van der Waals surface area contributed by atoms with Gasteiger partial charge in [-0.25, -0.2) is 4.79 Å². The Morgan fingerprint density at radius 1 is 0.945 bits per heavy atom. The maximum absolute atomic E-state index is 13.4. The molecule has 0 spiro atoms. The number of carbonyl (C=O) groups excluding carboxylic acids is 5. The molecule has 3 aliphatic rings. The number of carbonyl (C=O) groups is 6. The van der Waals surface area contributed by atoms with E-state index in [-0.39, 0.29) is 47.3 Å². The number of para-hydroxylation sites is 1. The third-order valence-corrected chi connectivity index (χ3v) is 10.3. The highest BCUT2D eigenvalue weighted by atomic mass is 16.4. The van der Waals surface area contributed by atoms with Crippen molar-refractivity contribution in [2.75, 3.05) is 48.3 Å². The fraction of sp³-hybridized carbons (Fsp3) is 0.325. The molecule has 1 unspecified atom stereocenters. The number of imide groups is 2. The van der Waals surface area contributed by atoms with E-state index in [1.54, 1.807) is 41.3 Å². The molecular formula is C40H40N6O9. The molecule has 2 saturated heterocycles. The van der Waals surface area contributed by atoms with E-state index in [9.17, 15) is 38.7 Å². The van der Waals surface area contributed by atoms with Crippen molar-refractivity contribution in [3.8, 4) is 0 Å².